The van der Waals surface area contributed by atoms with Crippen molar-refractivity contribution in [2.75, 3.05) is 13.1 Å². The number of hydrogen-bond acceptors (Lipinski definition) is 3. The fourth-order valence-corrected chi connectivity index (χ4v) is 6.70. The molecule has 5 fully saturated rings. The highest BCUT2D eigenvalue weighted by atomic mass is 16.3. The topological polar surface area (TPSA) is 64.3 Å². The normalized spacial score (nSPS) is 40.9. The molecule has 4 aliphatic carbocycles. The van der Waals surface area contributed by atoms with Gasteiger partial charge in [0, 0.05) is 24.9 Å². The number of aliphatic hydroxyl groups is 1. The summed E-state index contributed by atoms with van der Waals surface area (Å²) >= 11 is 0. The molecular weight excluding hydrogens is 324 g/mol. The highest BCUT2D eigenvalue weighted by molar-refractivity contribution is 5.79. The fraction of sp³-hybridized carbons (Fsp3) is 0.636. The maximum absolute atomic E-state index is 13.1. The van der Waals surface area contributed by atoms with Gasteiger partial charge in [-0.15, -0.1) is 0 Å². The molecule has 1 heterocycles. The zero-order valence-electron chi connectivity index (χ0n) is 15.1. The van der Waals surface area contributed by atoms with E-state index in [1.165, 1.54) is 5.56 Å². The van der Waals surface area contributed by atoms with Gasteiger partial charge in [-0.1, -0.05) is 30.3 Å². The lowest BCUT2D eigenvalue weighted by Crippen LogP contribution is -2.62. The van der Waals surface area contributed by atoms with Crippen molar-refractivity contribution in [3.05, 3.63) is 35.9 Å². The van der Waals surface area contributed by atoms with Gasteiger partial charge in [0.2, 0.25) is 5.91 Å². The Hall–Kier alpha value is -1.86. The molecule has 0 atom stereocenters. The van der Waals surface area contributed by atoms with Crippen molar-refractivity contribution in [1.82, 2.24) is 4.90 Å². The molecule has 136 valence electrons. The van der Waals surface area contributed by atoms with E-state index in [0.29, 0.717) is 43.2 Å². The van der Waals surface area contributed by atoms with E-state index in [1.807, 2.05) is 11.0 Å². The number of likely N-dealkylation sites (tertiary alicyclic amines) is 1. The van der Waals surface area contributed by atoms with Crippen molar-refractivity contribution in [3.63, 3.8) is 0 Å². The van der Waals surface area contributed by atoms with Crippen LogP contribution in [0, 0.1) is 40.9 Å². The molecule has 4 bridgehead atoms. The molecule has 1 aromatic carbocycles. The minimum Gasteiger partial charge on any atom is -0.393 e. The molecule has 1 amide bonds. The Bertz CT molecular complexity index is 717. The second-order valence-electron chi connectivity index (χ2n) is 9.06. The average Bonchev–Trinajstić information content (AvgIpc) is 2.60. The smallest absolute Gasteiger partial charge is 0.223 e. The van der Waals surface area contributed by atoms with Crippen LogP contribution in [0.1, 0.15) is 37.7 Å². The molecule has 4 saturated carbocycles. The zero-order chi connectivity index (χ0) is 17.9. The Morgan fingerprint density at radius 3 is 2.23 bits per heavy atom. The third-order valence-electron chi connectivity index (χ3n) is 7.94. The van der Waals surface area contributed by atoms with Crippen LogP contribution in [0.3, 0.4) is 0 Å². The van der Waals surface area contributed by atoms with E-state index in [2.05, 4.69) is 30.3 Å². The number of carbonyl (C=O) groups is 1. The van der Waals surface area contributed by atoms with Crippen molar-refractivity contribution >= 4 is 5.91 Å². The highest BCUT2D eigenvalue weighted by Gasteiger charge is 2.61. The first-order valence-corrected chi connectivity index (χ1v) is 10.0. The van der Waals surface area contributed by atoms with Crippen molar-refractivity contribution in [2.24, 2.45) is 29.6 Å². The summed E-state index contributed by atoms with van der Waals surface area (Å²) in [5.74, 6) is 2.07. The van der Waals surface area contributed by atoms with Gasteiger partial charge in [0.05, 0.1) is 18.1 Å². The molecule has 1 saturated heterocycles. The van der Waals surface area contributed by atoms with Crippen LogP contribution < -0.4 is 0 Å². The maximum atomic E-state index is 13.1. The molecule has 1 aromatic rings. The lowest BCUT2D eigenvalue weighted by molar-refractivity contribution is -0.155. The van der Waals surface area contributed by atoms with E-state index in [9.17, 15) is 9.90 Å². The summed E-state index contributed by atoms with van der Waals surface area (Å²) in [5, 5.41) is 19.5. The molecule has 1 N–H and O–H groups in total. The number of rotatable bonds is 3. The summed E-state index contributed by atoms with van der Waals surface area (Å²) in [7, 11) is 0. The van der Waals surface area contributed by atoms with Gasteiger partial charge in [0.1, 0.15) is 0 Å². The molecule has 4 nitrogen and oxygen atoms in total. The van der Waals surface area contributed by atoms with Gasteiger partial charge in [0.15, 0.2) is 0 Å². The number of benzene rings is 1. The fourth-order valence-electron chi connectivity index (χ4n) is 6.70. The quantitative estimate of drug-likeness (QED) is 0.912. The van der Waals surface area contributed by atoms with E-state index < -0.39 is 0 Å². The van der Waals surface area contributed by atoms with Crippen LogP contribution in [-0.4, -0.2) is 35.1 Å². The van der Waals surface area contributed by atoms with Crippen LogP contribution in [0.5, 0.6) is 0 Å². The largest absolute Gasteiger partial charge is 0.393 e. The molecule has 1 aliphatic heterocycles. The Morgan fingerprint density at radius 2 is 1.69 bits per heavy atom. The lowest BCUT2D eigenvalue weighted by atomic mass is 9.42. The van der Waals surface area contributed by atoms with Gasteiger partial charge < -0.3 is 10.0 Å². The van der Waals surface area contributed by atoms with Crippen LogP contribution in [0.15, 0.2) is 30.3 Å². The Morgan fingerprint density at radius 1 is 1.12 bits per heavy atom. The average molecular weight is 350 g/mol. The number of carbonyl (C=O) groups excluding carboxylic acids is 1. The maximum Gasteiger partial charge on any atom is 0.223 e. The monoisotopic (exact) mass is 350 g/mol. The first kappa shape index (κ1) is 16.3. The molecule has 4 heteroatoms. The van der Waals surface area contributed by atoms with Crippen LogP contribution >= 0.6 is 0 Å². The van der Waals surface area contributed by atoms with Crippen molar-refractivity contribution in [3.8, 4) is 6.07 Å². The summed E-state index contributed by atoms with van der Waals surface area (Å²) in [6.07, 6.45) is 4.65. The molecule has 0 unspecified atom stereocenters. The van der Waals surface area contributed by atoms with E-state index in [1.54, 1.807) is 0 Å². The standard InChI is InChI=1S/C22H26N2O2/c23-11-14-12-24(13-14)20(25)10-22(17-4-2-1-3-5-17)18-6-15-7-19(22)9-16(8-18)21(15)26/h1-5,14-16,18-19,21,26H,6-10,12-13H2. The Kier molecular flexibility index (Phi) is 3.66. The summed E-state index contributed by atoms with van der Waals surface area (Å²) in [5.41, 5.74) is 1.23. The Balaban J connectivity index is 1.48. The van der Waals surface area contributed by atoms with E-state index in [0.717, 1.165) is 25.7 Å². The van der Waals surface area contributed by atoms with Crippen LogP contribution in [-0.2, 0) is 10.2 Å². The third-order valence-corrected chi connectivity index (χ3v) is 7.94. The molecule has 5 aliphatic rings. The lowest BCUT2D eigenvalue weighted by Gasteiger charge is -2.63. The van der Waals surface area contributed by atoms with E-state index >= 15 is 0 Å². The third kappa shape index (κ3) is 2.19. The molecular formula is C22H26N2O2. The molecule has 0 aromatic heterocycles. The molecule has 0 radical (unpaired) electrons. The summed E-state index contributed by atoms with van der Waals surface area (Å²) in [6.45, 7) is 1.19. The number of aliphatic hydroxyl groups excluding tert-OH is 1. The minimum absolute atomic E-state index is 0.0141. The van der Waals surface area contributed by atoms with Crippen molar-refractivity contribution in [1.29, 1.82) is 5.26 Å². The number of hydrogen-bond donors (Lipinski definition) is 1. The van der Waals surface area contributed by atoms with Crippen LogP contribution in [0.2, 0.25) is 0 Å². The molecule has 26 heavy (non-hydrogen) atoms. The van der Waals surface area contributed by atoms with Gasteiger partial charge in [-0.05, 0) is 54.9 Å². The van der Waals surface area contributed by atoms with Gasteiger partial charge in [-0.25, -0.2) is 0 Å². The van der Waals surface area contributed by atoms with Crippen LogP contribution in [0.4, 0.5) is 0 Å². The summed E-state index contributed by atoms with van der Waals surface area (Å²) in [4.78, 5) is 15.0. The highest BCUT2D eigenvalue weighted by Crippen LogP contribution is 2.64. The number of nitrogens with zero attached hydrogens (tertiary/aromatic N) is 2. The zero-order valence-corrected chi connectivity index (χ0v) is 15.1. The first-order valence-electron chi connectivity index (χ1n) is 10.0. The predicted molar refractivity (Wildman–Crippen MR) is 96.9 cm³/mol. The van der Waals surface area contributed by atoms with E-state index in [4.69, 9.17) is 5.26 Å². The number of nitriles is 1. The van der Waals surface area contributed by atoms with Gasteiger partial charge in [-0.3, -0.25) is 4.79 Å². The number of amides is 1. The second-order valence-corrected chi connectivity index (χ2v) is 9.06. The van der Waals surface area contributed by atoms with Gasteiger partial charge in [-0.2, -0.15) is 5.26 Å². The second kappa shape index (κ2) is 5.82. The molecule has 6 rings (SSSR count). The van der Waals surface area contributed by atoms with E-state index in [-0.39, 0.29) is 23.3 Å². The predicted octanol–water partition coefficient (Wildman–Crippen LogP) is 2.72. The minimum atomic E-state index is -0.126. The van der Waals surface area contributed by atoms with Crippen molar-refractivity contribution in [2.45, 2.75) is 43.6 Å². The van der Waals surface area contributed by atoms with Crippen molar-refractivity contribution < 1.29 is 9.90 Å². The van der Waals surface area contributed by atoms with Gasteiger partial charge >= 0.3 is 0 Å². The summed E-state index contributed by atoms with van der Waals surface area (Å²) in [6, 6.07) is 12.9. The van der Waals surface area contributed by atoms with Crippen LogP contribution in [0.25, 0.3) is 0 Å². The first-order chi connectivity index (χ1) is 12.6. The molecule has 0 spiro atoms. The van der Waals surface area contributed by atoms with Gasteiger partial charge in [0.25, 0.3) is 0 Å². The Labute approximate surface area is 154 Å². The SMILES string of the molecule is N#CC1CN(C(=O)CC2(c3ccccc3)C3CC4CC2CC(C3)C4O)C1. The summed E-state index contributed by atoms with van der Waals surface area (Å²) < 4.78 is 0.